The van der Waals surface area contributed by atoms with Gasteiger partial charge in [-0.25, -0.2) is 0 Å². The monoisotopic (exact) mass is 291 g/mol. The zero-order valence-corrected chi connectivity index (χ0v) is 11.5. The topological polar surface area (TPSA) is 19.4 Å². The number of nitrogens with zero attached hydrogens (tertiary/aromatic N) is 3. The predicted octanol–water partition coefficient (Wildman–Crippen LogP) is 2.56. The average Bonchev–Trinajstić information content (AvgIpc) is 2.59. The van der Waals surface area contributed by atoms with Crippen molar-refractivity contribution in [2.45, 2.75) is 25.8 Å². The van der Waals surface area contributed by atoms with Crippen molar-refractivity contribution in [2.75, 3.05) is 31.6 Å². The van der Waals surface area contributed by atoms with E-state index in [0.717, 1.165) is 6.54 Å². The van der Waals surface area contributed by atoms with Crippen molar-refractivity contribution in [3.63, 3.8) is 0 Å². The molecule has 0 spiro atoms. The number of rotatable bonds is 2. The summed E-state index contributed by atoms with van der Waals surface area (Å²) in [6, 6.07) is -0.201. The van der Waals surface area contributed by atoms with E-state index in [1.54, 1.807) is 0 Å². The molecule has 1 aliphatic heterocycles. The van der Waals surface area contributed by atoms with Crippen molar-refractivity contribution in [1.29, 1.82) is 0 Å². The molecule has 1 unspecified atom stereocenters. The molecule has 0 radical (unpaired) electrons. The maximum Gasteiger partial charge on any atom is 0.253 e. The van der Waals surface area contributed by atoms with Crippen LogP contribution >= 0.6 is 0 Å². The van der Waals surface area contributed by atoms with Gasteiger partial charge in [0, 0.05) is 19.1 Å². The first-order valence-electron chi connectivity index (χ1n) is 6.60. The second-order valence-corrected chi connectivity index (χ2v) is 5.04. The number of aromatic nitrogens is 1. The summed E-state index contributed by atoms with van der Waals surface area (Å²) in [4.78, 5) is 6.06. The Morgan fingerprint density at radius 1 is 1.10 bits per heavy atom. The van der Waals surface area contributed by atoms with Crippen LogP contribution in [0.2, 0.25) is 0 Å². The van der Waals surface area contributed by atoms with Gasteiger partial charge in [-0.1, -0.05) is 6.92 Å². The van der Waals surface area contributed by atoms with Gasteiger partial charge in [-0.05, 0) is 26.4 Å². The van der Waals surface area contributed by atoms with Gasteiger partial charge in [0.25, 0.3) is 11.9 Å². The van der Waals surface area contributed by atoms with E-state index in [1.807, 2.05) is 18.9 Å². The fourth-order valence-corrected chi connectivity index (χ4v) is 2.62. The van der Waals surface area contributed by atoms with E-state index in [9.17, 15) is 17.6 Å². The first-order valence-corrected chi connectivity index (χ1v) is 6.60. The third-order valence-corrected chi connectivity index (χ3v) is 3.63. The fraction of sp³-hybridized carbons (Fsp3) is 0.615. The molecular formula is C13H17F4N3. The smallest absolute Gasteiger partial charge is 0.253 e. The molecule has 1 aliphatic rings. The first kappa shape index (κ1) is 15.0. The Balaban J connectivity index is 2.48. The van der Waals surface area contributed by atoms with E-state index in [0.29, 0.717) is 25.9 Å². The van der Waals surface area contributed by atoms with Crippen molar-refractivity contribution in [1.82, 2.24) is 9.88 Å². The van der Waals surface area contributed by atoms with Crippen LogP contribution < -0.4 is 4.90 Å². The zero-order valence-electron chi connectivity index (χ0n) is 11.5. The van der Waals surface area contributed by atoms with Gasteiger partial charge in [-0.2, -0.15) is 22.5 Å². The van der Waals surface area contributed by atoms with E-state index in [4.69, 9.17) is 0 Å². The normalized spacial score (nSPS) is 21.1. The van der Waals surface area contributed by atoms with E-state index in [1.165, 1.54) is 4.90 Å². The standard InChI is InChI=1S/C13H17F4N3/c1-3-8-7-19(2)5-4-6-20(8)11-9(14)12(16)18-13(17)10(11)15/h8H,3-7H2,1-2H3. The summed E-state index contributed by atoms with van der Waals surface area (Å²) in [6.07, 6.45) is 1.28. The zero-order chi connectivity index (χ0) is 14.9. The molecule has 0 bridgehead atoms. The van der Waals surface area contributed by atoms with Gasteiger partial charge >= 0.3 is 0 Å². The first-order chi connectivity index (χ1) is 9.45. The molecule has 0 aliphatic carbocycles. The summed E-state index contributed by atoms with van der Waals surface area (Å²) < 4.78 is 54.2. The number of anilines is 1. The van der Waals surface area contributed by atoms with Crippen molar-refractivity contribution in [3.8, 4) is 0 Å². The minimum atomic E-state index is -1.61. The van der Waals surface area contributed by atoms with Gasteiger partial charge in [-0.3, -0.25) is 0 Å². The van der Waals surface area contributed by atoms with Gasteiger partial charge in [0.2, 0.25) is 11.6 Å². The summed E-state index contributed by atoms with van der Waals surface area (Å²) >= 11 is 0. The maximum atomic E-state index is 13.9. The van der Waals surface area contributed by atoms with E-state index < -0.39 is 29.2 Å². The molecule has 3 nitrogen and oxygen atoms in total. The minimum Gasteiger partial charge on any atom is -0.362 e. The molecule has 1 atom stereocenters. The van der Waals surface area contributed by atoms with Crippen LogP contribution in [0.1, 0.15) is 19.8 Å². The molecule has 1 aromatic rings. The van der Waals surface area contributed by atoms with Crippen LogP contribution in [0.15, 0.2) is 0 Å². The van der Waals surface area contributed by atoms with E-state index >= 15 is 0 Å². The lowest BCUT2D eigenvalue weighted by molar-refractivity contribution is 0.326. The lowest BCUT2D eigenvalue weighted by atomic mass is 10.1. The number of hydrogen-bond donors (Lipinski definition) is 0. The molecule has 2 heterocycles. The van der Waals surface area contributed by atoms with Gasteiger partial charge in [-0.15, -0.1) is 0 Å². The SMILES string of the molecule is CCC1CN(C)CCCN1c1c(F)c(F)nc(F)c1F. The average molecular weight is 291 g/mol. The van der Waals surface area contributed by atoms with Crippen LogP contribution in [-0.4, -0.2) is 42.6 Å². The Kier molecular flexibility index (Phi) is 4.47. The fourth-order valence-electron chi connectivity index (χ4n) is 2.62. The van der Waals surface area contributed by atoms with Crippen LogP contribution in [0.3, 0.4) is 0 Å². The Labute approximate surface area is 115 Å². The van der Waals surface area contributed by atoms with Gasteiger partial charge in [0.1, 0.15) is 5.69 Å². The highest BCUT2D eigenvalue weighted by Gasteiger charge is 2.30. The Morgan fingerprint density at radius 3 is 2.25 bits per heavy atom. The lowest BCUT2D eigenvalue weighted by Crippen LogP contribution is -2.41. The molecule has 0 aromatic carbocycles. The number of pyridine rings is 1. The maximum absolute atomic E-state index is 13.9. The highest BCUT2D eigenvalue weighted by Crippen LogP contribution is 2.29. The molecule has 0 saturated carbocycles. The second kappa shape index (κ2) is 5.95. The molecule has 0 amide bonds. The van der Waals surface area contributed by atoms with E-state index in [2.05, 4.69) is 4.98 Å². The second-order valence-electron chi connectivity index (χ2n) is 5.04. The molecule has 0 N–H and O–H groups in total. The summed E-state index contributed by atoms with van der Waals surface area (Å²) in [6.45, 7) is 3.58. The van der Waals surface area contributed by atoms with Crippen LogP contribution in [-0.2, 0) is 0 Å². The van der Waals surface area contributed by atoms with Gasteiger partial charge in [0.05, 0.1) is 0 Å². The molecule has 1 saturated heterocycles. The third kappa shape index (κ3) is 2.72. The Morgan fingerprint density at radius 2 is 1.70 bits per heavy atom. The third-order valence-electron chi connectivity index (χ3n) is 3.63. The Bertz CT molecular complexity index is 469. The van der Waals surface area contributed by atoms with Crippen molar-refractivity contribution in [2.24, 2.45) is 0 Å². The summed E-state index contributed by atoms with van der Waals surface area (Å²) in [5, 5.41) is 0. The number of hydrogen-bond acceptors (Lipinski definition) is 3. The Hall–Kier alpha value is -1.37. The van der Waals surface area contributed by atoms with Crippen molar-refractivity contribution in [3.05, 3.63) is 23.5 Å². The van der Waals surface area contributed by atoms with Crippen LogP contribution in [0.25, 0.3) is 0 Å². The molecular weight excluding hydrogens is 274 g/mol. The number of likely N-dealkylation sites (N-methyl/N-ethyl adjacent to an activating group) is 1. The van der Waals surface area contributed by atoms with Gasteiger partial charge < -0.3 is 9.80 Å². The summed E-state index contributed by atoms with van der Waals surface area (Å²) in [5.74, 6) is -6.06. The predicted molar refractivity (Wildman–Crippen MR) is 67.6 cm³/mol. The molecule has 20 heavy (non-hydrogen) atoms. The van der Waals surface area contributed by atoms with Crippen LogP contribution in [0.5, 0.6) is 0 Å². The van der Waals surface area contributed by atoms with Crippen molar-refractivity contribution < 1.29 is 17.6 Å². The summed E-state index contributed by atoms with van der Waals surface area (Å²) in [5.41, 5.74) is -0.642. The molecule has 1 aromatic heterocycles. The number of halogens is 4. The van der Waals surface area contributed by atoms with E-state index in [-0.39, 0.29) is 6.04 Å². The summed E-state index contributed by atoms with van der Waals surface area (Å²) in [7, 11) is 1.91. The molecule has 2 rings (SSSR count). The molecule has 112 valence electrons. The lowest BCUT2D eigenvalue weighted by Gasteiger charge is -2.32. The highest BCUT2D eigenvalue weighted by molar-refractivity contribution is 5.49. The van der Waals surface area contributed by atoms with Crippen LogP contribution in [0, 0.1) is 23.5 Å². The van der Waals surface area contributed by atoms with Gasteiger partial charge in [0.15, 0.2) is 0 Å². The largest absolute Gasteiger partial charge is 0.362 e. The highest BCUT2D eigenvalue weighted by atomic mass is 19.2. The van der Waals surface area contributed by atoms with Crippen LogP contribution in [0.4, 0.5) is 23.2 Å². The quantitative estimate of drug-likeness (QED) is 0.616. The molecule has 7 heteroatoms. The molecule has 1 fully saturated rings. The van der Waals surface area contributed by atoms with Crippen molar-refractivity contribution >= 4 is 5.69 Å². The minimum absolute atomic E-state index is 0.201.